The Labute approximate surface area is 137 Å². The second kappa shape index (κ2) is 7.59. The van der Waals surface area contributed by atoms with E-state index in [1.165, 1.54) is 0 Å². The fraction of sp³-hybridized carbons (Fsp3) is 0.556. The van der Waals surface area contributed by atoms with Crippen LogP contribution in [0.25, 0.3) is 0 Å². The maximum absolute atomic E-state index is 12.2. The van der Waals surface area contributed by atoms with Gasteiger partial charge < -0.3 is 15.7 Å². The predicted molar refractivity (Wildman–Crippen MR) is 91.4 cm³/mol. The lowest BCUT2D eigenvalue weighted by atomic mass is 9.97. The van der Waals surface area contributed by atoms with Crippen LogP contribution in [0.4, 0.5) is 11.4 Å². The van der Waals surface area contributed by atoms with Crippen LogP contribution >= 0.6 is 0 Å². The molecule has 23 heavy (non-hydrogen) atoms. The van der Waals surface area contributed by atoms with E-state index in [2.05, 4.69) is 10.6 Å². The zero-order valence-corrected chi connectivity index (χ0v) is 13.9. The van der Waals surface area contributed by atoms with Crippen molar-refractivity contribution in [2.75, 3.05) is 10.6 Å². The van der Waals surface area contributed by atoms with Gasteiger partial charge in [-0.25, -0.2) is 0 Å². The second-order valence-corrected chi connectivity index (χ2v) is 6.43. The standard InChI is InChI=1S/C18H26N2O3/c1-3-7-16(21)19-14-8-6-9-15(13(14)2)20-17(22)12-18(23)10-4-5-11-18/h6,8-9,23H,3-5,7,10-12H2,1-2H3,(H,19,21)(H,20,22). The molecule has 1 saturated carbocycles. The third-order valence-electron chi connectivity index (χ3n) is 4.38. The van der Waals surface area contributed by atoms with Gasteiger partial charge in [0.05, 0.1) is 12.0 Å². The largest absolute Gasteiger partial charge is 0.389 e. The van der Waals surface area contributed by atoms with Crippen LogP contribution in [0.2, 0.25) is 0 Å². The summed E-state index contributed by atoms with van der Waals surface area (Å²) in [6.07, 6.45) is 4.71. The van der Waals surface area contributed by atoms with Gasteiger partial charge in [-0.05, 0) is 43.9 Å². The van der Waals surface area contributed by atoms with Gasteiger partial charge in [-0.3, -0.25) is 9.59 Å². The molecule has 1 fully saturated rings. The third kappa shape index (κ3) is 4.79. The molecule has 1 aromatic carbocycles. The molecular weight excluding hydrogens is 292 g/mol. The molecule has 1 aliphatic carbocycles. The lowest BCUT2D eigenvalue weighted by molar-refractivity contribution is -0.121. The van der Waals surface area contributed by atoms with Crippen LogP contribution in [0.3, 0.4) is 0 Å². The second-order valence-electron chi connectivity index (χ2n) is 6.43. The molecule has 1 aromatic rings. The minimum absolute atomic E-state index is 0.0284. The van der Waals surface area contributed by atoms with Gasteiger partial charge in [0.2, 0.25) is 11.8 Å². The van der Waals surface area contributed by atoms with E-state index in [-0.39, 0.29) is 18.2 Å². The number of hydrogen-bond acceptors (Lipinski definition) is 3. The van der Waals surface area contributed by atoms with Gasteiger partial charge in [-0.15, -0.1) is 0 Å². The van der Waals surface area contributed by atoms with Crippen molar-refractivity contribution in [3.63, 3.8) is 0 Å². The molecule has 5 nitrogen and oxygen atoms in total. The van der Waals surface area contributed by atoms with Crippen LogP contribution in [0.5, 0.6) is 0 Å². The summed E-state index contributed by atoms with van der Waals surface area (Å²) >= 11 is 0. The molecular formula is C18H26N2O3. The highest BCUT2D eigenvalue weighted by molar-refractivity contribution is 5.96. The van der Waals surface area contributed by atoms with Gasteiger partial charge in [0.1, 0.15) is 0 Å². The molecule has 0 unspecified atom stereocenters. The Morgan fingerprint density at radius 1 is 1.13 bits per heavy atom. The van der Waals surface area contributed by atoms with Gasteiger partial charge >= 0.3 is 0 Å². The first-order valence-corrected chi connectivity index (χ1v) is 8.35. The SMILES string of the molecule is CCCC(=O)Nc1cccc(NC(=O)CC2(O)CCCC2)c1C. The van der Waals surface area contributed by atoms with Gasteiger partial charge in [0, 0.05) is 17.8 Å². The van der Waals surface area contributed by atoms with E-state index in [1.807, 2.05) is 19.9 Å². The van der Waals surface area contributed by atoms with E-state index in [4.69, 9.17) is 0 Å². The zero-order valence-electron chi connectivity index (χ0n) is 13.9. The first-order chi connectivity index (χ1) is 10.9. The molecule has 1 aliphatic rings. The lowest BCUT2D eigenvalue weighted by Gasteiger charge is -2.21. The summed E-state index contributed by atoms with van der Waals surface area (Å²) in [4.78, 5) is 23.9. The number of hydrogen-bond donors (Lipinski definition) is 3. The third-order valence-corrected chi connectivity index (χ3v) is 4.38. The molecule has 126 valence electrons. The van der Waals surface area contributed by atoms with Crippen LogP contribution < -0.4 is 10.6 Å². The summed E-state index contributed by atoms with van der Waals surface area (Å²) in [7, 11) is 0. The van der Waals surface area contributed by atoms with Crippen molar-refractivity contribution in [1.29, 1.82) is 0 Å². The number of carbonyl (C=O) groups is 2. The maximum Gasteiger partial charge on any atom is 0.227 e. The van der Waals surface area contributed by atoms with E-state index < -0.39 is 5.60 Å². The first-order valence-electron chi connectivity index (χ1n) is 8.35. The zero-order chi connectivity index (χ0) is 16.9. The summed E-state index contributed by atoms with van der Waals surface area (Å²) in [5.74, 6) is -0.214. The fourth-order valence-electron chi connectivity index (χ4n) is 3.05. The summed E-state index contributed by atoms with van der Waals surface area (Å²) in [5, 5.41) is 16.0. The van der Waals surface area contributed by atoms with Crippen LogP contribution in [0.15, 0.2) is 18.2 Å². The van der Waals surface area contributed by atoms with E-state index in [0.29, 0.717) is 30.6 Å². The van der Waals surface area contributed by atoms with Gasteiger partial charge in [0.25, 0.3) is 0 Å². The Bertz CT molecular complexity index is 578. The van der Waals surface area contributed by atoms with Gasteiger partial charge in [-0.1, -0.05) is 25.8 Å². The molecule has 0 radical (unpaired) electrons. The number of carbonyl (C=O) groups excluding carboxylic acids is 2. The summed E-state index contributed by atoms with van der Waals surface area (Å²) < 4.78 is 0. The molecule has 0 aliphatic heterocycles. The highest BCUT2D eigenvalue weighted by Crippen LogP contribution is 2.33. The average molecular weight is 318 g/mol. The molecule has 0 heterocycles. The predicted octanol–water partition coefficient (Wildman–Crippen LogP) is 3.37. The molecule has 0 atom stereocenters. The molecule has 0 aromatic heterocycles. The Morgan fingerprint density at radius 2 is 1.70 bits per heavy atom. The molecule has 0 saturated heterocycles. The molecule has 5 heteroatoms. The van der Waals surface area contributed by atoms with E-state index in [0.717, 1.165) is 24.8 Å². The lowest BCUT2D eigenvalue weighted by Crippen LogP contribution is -2.30. The normalized spacial score (nSPS) is 16.1. The minimum atomic E-state index is -0.856. The van der Waals surface area contributed by atoms with Crippen molar-refractivity contribution < 1.29 is 14.7 Å². The number of anilines is 2. The van der Waals surface area contributed by atoms with E-state index >= 15 is 0 Å². The van der Waals surface area contributed by atoms with Crippen LogP contribution in [0.1, 0.15) is 57.4 Å². The van der Waals surface area contributed by atoms with Crippen LogP contribution in [0, 0.1) is 6.92 Å². The number of amides is 2. The number of benzene rings is 1. The van der Waals surface area contributed by atoms with Crippen molar-refractivity contribution >= 4 is 23.2 Å². The first kappa shape index (κ1) is 17.5. The molecule has 2 amide bonds. The highest BCUT2D eigenvalue weighted by Gasteiger charge is 2.33. The monoisotopic (exact) mass is 318 g/mol. The Kier molecular flexibility index (Phi) is 5.77. The Balaban J connectivity index is 2.02. The smallest absolute Gasteiger partial charge is 0.227 e. The van der Waals surface area contributed by atoms with Gasteiger partial charge in [-0.2, -0.15) is 0 Å². The van der Waals surface area contributed by atoms with Crippen LogP contribution in [-0.2, 0) is 9.59 Å². The van der Waals surface area contributed by atoms with Crippen molar-refractivity contribution in [3.05, 3.63) is 23.8 Å². The average Bonchev–Trinajstić information content (AvgIpc) is 2.89. The molecule has 3 N–H and O–H groups in total. The summed E-state index contributed by atoms with van der Waals surface area (Å²) in [5.41, 5.74) is 1.35. The summed E-state index contributed by atoms with van der Waals surface area (Å²) in [6.45, 7) is 3.82. The maximum atomic E-state index is 12.2. The molecule has 2 rings (SSSR count). The number of aliphatic hydroxyl groups is 1. The Hall–Kier alpha value is -1.88. The fourth-order valence-corrected chi connectivity index (χ4v) is 3.05. The van der Waals surface area contributed by atoms with Crippen molar-refractivity contribution in [2.45, 2.75) is 64.4 Å². The topological polar surface area (TPSA) is 78.4 Å². The van der Waals surface area contributed by atoms with Crippen LogP contribution in [-0.4, -0.2) is 22.5 Å². The number of nitrogens with one attached hydrogen (secondary N) is 2. The number of rotatable bonds is 6. The molecule has 0 spiro atoms. The minimum Gasteiger partial charge on any atom is -0.389 e. The van der Waals surface area contributed by atoms with Crippen molar-refractivity contribution in [2.24, 2.45) is 0 Å². The highest BCUT2D eigenvalue weighted by atomic mass is 16.3. The van der Waals surface area contributed by atoms with Crippen molar-refractivity contribution in [3.8, 4) is 0 Å². The van der Waals surface area contributed by atoms with Gasteiger partial charge in [0.15, 0.2) is 0 Å². The quantitative estimate of drug-likeness (QED) is 0.752. The summed E-state index contributed by atoms with van der Waals surface area (Å²) in [6, 6.07) is 5.43. The molecule has 0 bridgehead atoms. The van der Waals surface area contributed by atoms with Crippen molar-refractivity contribution in [1.82, 2.24) is 0 Å². The Morgan fingerprint density at radius 3 is 2.26 bits per heavy atom. The van der Waals surface area contributed by atoms with E-state index in [9.17, 15) is 14.7 Å². The van der Waals surface area contributed by atoms with E-state index in [1.54, 1.807) is 12.1 Å².